The van der Waals surface area contributed by atoms with Crippen LogP contribution < -0.4 is 20.7 Å². The Balaban J connectivity index is 1.67. The lowest BCUT2D eigenvalue weighted by molar-refractivity contribution is -0.130. The number of carbonyl (C=O) groups excluding carboxylic acids is 2. The SMILES string of the molecule is COc1ccc(NC(=O)[C@H]2C[C@H](CC(C)C)N[C@]23C(=O)Nc2ccccc23)cc1. The van der Waals surface area contributed by atoms with Gasteiger partial charge in [-0.15, -0.1) is 0 Å². The summed E-state index contributed by atoms with van der Waals surface area (Å²) in [5.74, 6) is 0.383. The van der Waals surface area contributed by atoms with Gasteiger partial charge in [0.25, 0.3) is 0 Å². The maximum atomic E-state index is 13.4. The summed E-state index contributed by atoms with van der Waals surface area (Å²) in [6.45, 7) is 4.31. The highest BCUT2D eigenvalue weighted by Crippen LogP contribution is 2.48. The molecule has 1 spiro atoms. The van der Waals surface area contributed by atoms with Crippen molar-refractivity contribution in [2.75, 3.05) is 17.7 Å². The van der Waals surface area contributed by atoms with Crippen LogP contribution in [0.5, 0.6) is 5.75 Å². The zero-order chi connectivity index (χ0) is 20.6. The van der Waals surface area contributed by atoms with Gasteiger partial charge in [0.15, 0.2) is 0 Å². The molecule has 29 heavy (non-hydrogen) atoms. The van der Waals surface area contributed by atoms with E-state index in [-0.39, 0.29) is 17.9 Å². The van der Waals surface area contributed by atoms with Gasteiger partial charge in [0.05, 0.1) is 13.0 Å². The molecular formula is C23H27N3O3. The Kier molecular flexibility index (Phi) is 5.04. The summed E-state index contributed by atoms with van der Waals surface area (Å²) in [7, 11) is 1.60. The molecule has 2 aromatic rings. The Morgan fingerprint density at radius 1 is 1.21 bits per heavy atom. The molecule has 2 aliphatic heterocycles. The minimum atomic E-state index is -1.04. The standard InChI is InChI=1S/C23H27N3O3/c1-14(2)12-16-13-19(21(27)24-15-8-10-17(29-3)11-9-15)23(26-16)18-6-4-5-7-20(18)25-22(23)28/h4-11,14,16,19,26H,12-13H2,1-3H3,(H,24,27)(H,25,28)/t16-,19+,23-/m0/s1. The lowest BCUT2D eigenvalue weighted by Crippen LogP contribution is -2.52. The number of ether oxygens (including phenoxy) is 1. The number of hydrogen-bond donors (Lipinski definition) is 3. The van der Waals surface area contributed by atoms with Gasteiger partial charge in [-0.05, 0) is 49.1 Å². The van der Waals surface area contributed by atoms with Gasteiger partial charge in [0, 0.05) is 23.0 Å². The van der Waals surface area contributed by atoms with E-state index in [2.05, 4.69) is 29.8 Å². The molecule has 3 atom stereocenters. The molecule has 2 aromatic carbocycles. The van der Waals surface area contributed by atoms with E-state index in [1.54, 1.807) is 31.4 Å². The van der Waals surface area contributed by atoms with Crippen molar-refractivity contribution in [1.82, 2.24) is 5.32 Å². The monoisotopic (exact) mass is 393 g/mol. The molecule has 0 aromatic heterocycles. The van der Waals surface area contributed by atoms with E-state index in [9.17, 15) is 9.59 Å². The Labute approximate surface area is 171 Å². The summed E-state index contributed by atoms with van der Waals surface area (Å²) >= 11 is 0. The van der Waals surface area contributed by atoms with Crippen molar-refractivity contribution in [3.8, 4) is 5.75 Å². The molecule has 3 N–H and O–H groups in total. The summed E-state index contributed by atoms with van der Waals surface area (Å²) in [5.41, 5.74) is 1.28. The highest BCUT2D eigenvalue weighted by molar-refractivity contribution is 6.10. The molecule has 6 heteroatoms. The molecule has 1 saturated heterocycles. The Hall–Kier alpha value is -2.86. The number of amides is 2. The number of para-hydroxylation sites is 1. The summed E-state index contributed by atoms with van der Waals surface area (Å²) in [6.07, 6.45) is 1.52. The Morgan fingerprint density at radius 3 is 2.62 bits per heavy atom. The van der Waals surface area contributed by atoms with Crippen LogP contribution in [0.1, 0.15) is 32.3 Å². The predicted molar refractivity (Wildman–Crippen MR) is 113 cm³/mol. The molecule has 6 nitrogen and oxygen atoms in total. The van der Waals surface area contributed by atoms with E-state index < -0.39 is 11.5 Å². The largest absolute Gasteiger partial charge is 0.497 e. The molecule has 2 heterocycles. The zero-order valence-electron chi connectivity index (χ0n) is 17.0. The normalized spacial score (nSPS) is 25.2. The average Bonchev–Trinajstić information content (AvgIpc) is 3.21. The summed E-state index contributed by atoms with van der Waals surface area (Å²) in [5, 5.41) is 9.51. The van der Waals surface area contributed by atoms with Crippen molar-refractivity contribution in [1.29, 1.82) is 0 Å². The van der Waals surface area contributed by atoms with Crippen LogP contribution in [0.3, 0.4) is 0 Å². The molecular weight excluding hydrogens is 366 g/mol. The first-order valence-corrected chi connectivity index (χ1v) is 10.1. The molecule has 4 rings (SSSR count). The topological polar surface area (TPSA) is 79.5 Å². The number of rotatable bonds is 5. The first-order valence-electron chi connectivity index (χ1n) is 10.1. The van der Waals surface area contributed by atoms with E-state index in [4.69, 9.17) is 4.74 Å². The average molecular weight is 393 g/mol. The summed E-state index contributed by atoms with van der Waals surface area (Å²) in [4.78, 5) is 26.5. The van der Waals surface area contributed by atoms with Gasteiger partial charge in [-0.2, -0.15) is 0 Å². The van der Waals surface area contributed by atoms with Crippen LogP contribution >= 0.6 is 0 Å². The van der Waals surface area contributed by atoms with Gasteiger partial charge in [0.1, 0.15) is 11.3 Å². The van der Waals surface area contributed by atoms with Crippen molar-refractivity contribution < 1.29 is 14.3 Å². The predicted octanol–water partition coefficient (Wildman–Crippen LogP) is 3.51. The molecule has 2 aliphatic rings. The second-order valence-corrected chi connectivity index (χ2v) is 8.28. The summed E-state index contributed by atoms with van der Waals surface area (Å²) < 4.78 is 5.18. The van der Waals surface area contributed by atoms with Gasteiger partial charge < -0.3 is 15.4 Å². The quantitative estimate of drug-likeness (QED) is 0.726. The van der Waals surface area contributed by atoms with E-state index in [1.807, 2.05) is 24.3 Å². The number of anilines is 2. The minimum Gasteiger partial charge on any atom is -0.497 e. The fraction of sp³-hybridized carbons (Fsp3) is 0.391. The molecule has 0 aliphatic carbocycles. The van der Waals surface area contributed by atoms with Gasteiger partial charge >= 0.3 is 0 Å². The van der Waals surface area contributed by atoms with Crippen LogP contribution in [0, 0.1) is 11.8 Å². The lowest BCUT2D eigenvalue weighted by Gasteiger charge is -2.29. The molecule has 152 valence electrons. The highest BCUT2D eigenvalue weighted by atomic mass is 16.5. The first kappa shape index (κ1) is 19.5. The Bertz CT molecular complexity index is 925. The number of carbonyl (C=O) groups is 2. The molecule has 0 bridgehead atoms. The fourth-order valence-corrected chi connectivity index (χ4v) is 4.64. The van der Waals surface area contributed by atoms with Crippen molar-refractivity contribution in [2.45, 2.75) is 38.3 Å². The van der Waals surface area contributed by atoms with E-state index in [1.165, 1.54) is 0 Å². The van der Waals surface area contributed by atoms with Crippen LogP contribution in [-0.2, 0) is 15.1 Å². The van der Waals surface area contributed by atoms with Crippen molar-refractivity contribution in [3.63, 3.8) is 0 Å². The first-order chi connectivity index (χ1) is 13.9. The smallest absolute Gasteiger partial charge is 0.250 e. The minimum absolute atomic E-state index is 0.0959. The molecule has 0 unspecified atom stereocenters. The van der Waals surface area contributed by atoms with Crippen LogP contribution in [0.4, 0.5) is 11.4 Å². The van der Waals surface area contributed by atoms with Gasteiger partial charge in [-0.3, -0.25) is 14.9 Å². The third kappa shape index (κ3) is 3.38. The fourth-order valence-electron chi connectivity index (χ4n) is 4.64. The third-order valence-corrected chi connectivity index (χ3v) is 5.86. The zero-order valence-corrected chi connectivity index (χ0v) is 17.0. The molecule has 0 saturated carbocycles. The van der Waals surface area contributed by atoms with E-state index in [0.29, 0.717) is 18.0 Å². The number of hydrogen-bond acceptors (Lipinski definition) is 4. The third-order valence-electron chi connectivity index (χ3n) is 5.86. The lowest BCUT2D eigenvalue weighted by atomic mass is 9.79. The van der Waals surface area contributed by atoms with Crippen LogP contribution in [-0.4, -0.2) is 25.0 Å². The highest BCUT2D eigenvalue weighted by Gasteiger charge is 2.59. The molecule has 2 amide bonds. The maximum Gasteiger partial charge on any atom is 0.250 e. The van der Waals surface area contributed by atoms with Crippen molar-refractivity contribution in [2.24, 2.45) is 11.8 Å². The second-order valence-electron chi connectivity index (χ2n) is 8.28. The van der Waals surface area contributed by atoms with Crippen LogP contribution in [0.2, 0.25) is 0 Å². The van der Waals surface area contributed by atoms with E-state index >= 15 is 0 Å². The number of nitrogens with one attached hydrogen (secondary N) is 3. The molecule has 0 radical (unpaired) electrons. The van der Waals surface area contributed by atoms with Crippen molar-refractivity contribution in [3.05, 3.63) is 54.1 Å². The number of methoxy groups -OCH3 is 1. The van der Waals surface area contributed by atoms with Gasteiger partial charge in [-0.25, -0.2) is 0 Å². The van der Waals surface area contributed by atoms with Gasteiger partial charge in [0.2, 0.25) is 11.8 Å². The number of fused-ring (bicyclic) bond motifs is 2. The summed E-state index contributed by atoms with van der Waals surface area (Å²) in [6, 6.07) is 14.9. The second kappa shape index (κ2) is 7.52. The van der Waals surface area contributed by atoms with Gasteiger partial charge in [-0.1, -0.05) is 32.0 Å². The van der Waals surface area contributed by atoms with E-state index in [0.717, 1.165) is 23.4 Å². The maximum absolute atomic E-state index is 13.4. The van der Waals surface area contributed by atoms with Crippen LogP contribution in [0.25, 0.3) is 0 Å². The van der Waals surface area contributed by atoms with Crippen LogP contribution in [0.15, 0.2) is 48.5 Å². The Morgan fingerprint density at radius 2 is 1.93 bits per heavy atom. The van der Waals surface area contributed by atoms with Crippen molar-refractivity contribution >= 4 is 23.2 Å². The molecule has 1 fully saturated rings. The number of benzene rings is 2.